The fourth-order valence-electron chi connectivity index (χ4n) is 2.55. The number of carbonyl (C=O) groups excluding carboxylic acids is 1. The van der Waals surface area contributed by atoms with Crippen LogP contribution in [0.5, 0.6) is 0 Å². The summed E-state index contributed by atoms with van der Waals surface area (Å²) < 4.78 is 10.3. The standard InChI is InChI=1S/C16H19N5OS/c1-4-7-21-10-13(11(2)17-21)16(22)20(3)9-12-5-6-14-15(8-12)19-23-18-14/h5-6,8,10H,4,7,9H2,1-3H3. The lowest BCUT2D eigenvalue weighted by Crippen LogP contribution is -2.26. The van der Waals surface area contributed by atoms with Crippen LogP contribution in [0, 0.1) is 6.92 Å². The molecule has 0 saturated heterocycles. The van der Waals surface area contributed by atoms with Gasteiger partial charge in [0.25, 0.3) is 5.91 Å². The van der Waals surface area contributed by atoms with Crippen molar-refractivity contribution >= 4 is 28.7 Å². The van der Waals surface area contributed by atoms with E-state index in [0.717, 1.165) is 35.3 Å². The molecule has 0 aliphatic rings. The van der Waals surface area contributed by atoms with Crippen LogP contribution in [-0.2, 0) is 13.1 Å². The van der Waals surface area contributed by atoms with Gasteiger partial charge in [0.1, 0.15) is 11.0 Å². The second-order valence-electron chi connectivity index (χ2n) is 5.64. The van der Waals surface area contributed by atoms with Crippen LogP contribution in [-0.4, -0.2) is 36.4 Å². The van der Waals surface area contributed by atoms with E-state index in [0.29, 0.717) is 12.1 Å². The van der Waals surface area contributed by atoms with Crippen molar-refractivity contribution in [1.29, 1.82) is 0 Å². The first-order valence-corrected chi connectivity index (χ1v) is 8.32. The molecule has 0 aliphatic heterocycles. The van der Waals surface area contributed by atoms with Gasteiger partial charge >= 0.3 is 0 Å². The summed E-state index contributed by atoms with van der Waals surface area (Å²) >= 11 is 1.20. The van der Waals surface area contributed by atoms with Crippen LogP contribution in [0.4, 0.5) is 0 Å². The van der Waals surface area contributed by atoms with E-state index in [1.807, 2.05) is 43.0 Å². The van der Waals surface area contributed by atoms with Crippen molar-refractivity contribution in [3.63, 3.8) is 0 Å². The molecular formula is C16H19N5OS. The minimum absolute atomic E-state index is 0.0126. The van der Waals surface area contributed by atoms with Crippen molar-refractivity contribution in [2.45, 2.75) is 33.4 Å². The third-order valence-electron chi connectivity index (χ3n) is 3.71. The Bertz CT molecular complexity index is 838. The number of aryl methyl sites for hydroxylation is 2. The summed E-state index contributed by atoms with van der Waals surface area (Å²) in [6.07, 6.45) is 2.83. The van der Waals surface area contributed by atoms with E-state index in [-0.39, 0.29) is 5.91 Å². The van der Waals surface area contributed by atoms with Gasteiger partial charge in [-0.1, -0.05) is 13.0 Å². The minimum Gasteiger partial charge on any atom is -0.337 e. The molecule has 120 valence electrons. The molecule has 3 rings (SSSR count). The van der Waals surface area contributed by atoms with E-state index in [2.05, 4.69) is 20.8 Å². The highest BCUT2D eigenvalue weighted by Gasteiger charge is 2.18. The number of amides is 1. The van der Waals surface area contributed by atoms with Crippen LogP contribution in [0.25, 0.3) is 11.0 Å². The van der Waals surface area contributed by atoms with Gasteiger partial charge in [-0.2, -0.15) is 13.8 Å². The number of fused-ring (bicyclic) bond motifs is 1. The first-order valence-electron chi connectivity index (χ1n) is 7.59. The molecule has 0 bridgehead atoms. The number of nitrogens with zero attached hydrogens (tertiary/aromatic N) is 5. The van der Waals surface area contributed by atoms with Gasteiger partial charge in [-0.05, 0) is 31.0 Å². The average molecular weight is 329 g/mol. The molecule has 0 unspecified atom stereocenters. The Hall–Kier alpha value is -2.28. The average Bonchev–Trinajstić information content (AvgIpc) is 3.12. The first kappa shape index (κ1) is 15.6. The lowest BCUT2D eigenvalue weighted by molar-refractivity contribution is 0.0784. The Labute approximate surface area is 139 Å². The van der Waals surface area contributed by atoms with Crippen molar-refractivity contribution in [3.8, 4) is 0 Å². The van der Waals surface area contributed by atoms with Gasteiger partial charge < -0.3 is 4.90 Å². The number of benzene rings is 1. The van der Waals surface area contributed by atoms with E-state index in [1.165, 1.54) is 11.7 Å². The Kier molecular flexibility index (Phi) is 4.38. The number of hydrogen-bond donors (Lipinski definition) is 0. The van der Waals surface area contributed by atoms with Gasteiger partial charge in [0.2, 0.25) is 0 Å². The molecule has 6 nitrogen and oxygen atoms in total. The highest BCUT2D eigenvalue weighted by Crippen LogP contribution is 2.16. The first-order chi connectivity index (χ1) is 11.1. The second-order valence-corrected chi connectivity index (χ2v) is 6.17. The topological polar surface area (TPSA) is 63.9 Å². The van der Waals surface area contributed by atoms with Crippen LogP contribution in [0.1, 0.15) is 35.0 Å². The molecule has 3 aromatic rings. The zero-order valence-electron chi connectivity index (χ0n) is 13.5. The minimum atomic E-state index is -0.0126. The summed E-state index contributed by atoms with van der Waals surface area (Å²) in [6, 6.07) is 5.91. The van der Waals surface area contributed by atoms with E-state index in [4.69, 9.17) is 0 Å². The summed E-state index contributed by atoms with van der Waals surface area (Å²) in [6.45, 7) is 5.32. The maximum absolute atomic E-state index is 12.6. The predicted octanol–water partition coefficient (Wildman–Crippen LogP) is 2.88. The number of rotatable bonds is 5. The van der Waals surface area contributed by atoms with Gasteiger partial charge in [0, 0.05) is 26.3 Å². The molecule has 0 aliphatic carbocycles. The molecule has 0 fully saturated rings. The summed E-state index contributed by atoms with van der Waals surface area (Å²) in [5.74, 6) is -0.0126. The fourth-order valence-corrected chi connectivity index (χ4v) is 3.07. The van der Waals surface area contributed by atoms with Gasteiger partial charge in [0.05, 0.1) is 23.0 Å². The summed E-state index contributed by atoms with van der Waals surface area (Å²) in [5.41, 5.74) is 4.25. The van der Waals surface area contributed by atoms with Crippen molar-refractivity contribution in [3.05, 3.63) is 41.2 Å². The lowest BCUT2D eigenvalue weighted by atomic mass is 10.1. The van der Waals surface area contributed by atoms with Crippen molar-refractivity contribution < 1.29 is 4.79 Å². The molecule has 2 aromatic heterocycles. The van der Waals surface area contributed by atoms with Gasteiger partial charge in [-0.15, -0.1) is 0 Å². The molecule has 0 radical (unpaired) electrons. The molecule has 0 atom stereocenters. The molecule has 0 N–H and O–H groups in total. The Balaban J connectivity index is 1.76. The van der Waals surface area contributed by atoms with E-state index in [1.54, 1.807) is 4.90 Å². The maximum Gasteiger partial charge on any atom is 0.257 e. The van der Waals surface area contributed by atoms with Crippen LogP contribution in [0.2, 0.25) is 0 Å². The lowest BCUT2D eigenvalue weighted by Gasteiger charge is -2.16. The van der Waals surface area contributed by atoms with Gasteiger partial charge in [-0.3, -0.25) is 9.48 Å². The molecular weight excluding hydrogens is 310 g/mol. The number of hydrogen-bond acceptors (Lipinski definition) is 5. The SMILES string of the molecule is CCCn1cc(C(=O)N(C)Cc2ccc3nsnc3c2)c(C)n1. The van der Waals surface area contributed by atoms with Gasteiger partial charge in [-0.25, -0.2) is 0 Å². The highest BCUT2D eigenvalue weighted by molar-refractivity contribution is 7.00. The Morgan fingerprint density at radius 1 is 1.30 bits per heavy atom. The summed E-state index contributed by atoms with van der Waals surface area (Å²) in [4.78, 5) is 14.4. The van der Waals surface area contributed by atoms with Crippen LogP contribution in [0.15, 0.2) is 24.4 Å². The van der Waals surface area contributed by atoms with E-state index >= 15 is 0 Å². The molecule has 0 saturated carbocycles. The third kappa shape index (κ3) is 3.24. The maximum atomic E-state index is 12.6. The molecule has 0 spiro atoms. The van der Waals surface area contributed by atoms with Crippen LogP contribution < -0.4 is 0 Å². The van der Waals surface area contributed by atoms with E-state index in [9.17, 15) is 4.79 Å². The molecule has 1 aromatic carbocycles. The third-order valence-corrected chi connectivity index (χ3v) is 4.27. The van der Waals surface area contributed by atoms with Crippen molar-refractivity contribution in [1.82, 2.24) is 23.4 Å². The van der Waals surface area contributed by atoms with E-state index < -0.39 is 0 Å². The zero-order chi connectivity index (χ0) is 16.4. The predicted molar refractivity (Wildman–Crippen MR) is 90.5 cm³/mol. The Morgan fingerprint density at radius 2 is 2.09 bits per heavy atom. The van der Waals surface area contributed by atoms with Crippen LogP contribution in [0.3, 0.4) is 0 Å². The van der Waals surface area contributed by atoms with Crippen molar-refractivity contribution in [2.24, 2.45) is 0 Å². The zero-order valence-corrected chi connectivity index (χ0v) is 14.3. The molecule has 23 heavy (non-hydrogen) atoms. The quantitative estimate of drug-likeness (QED) is 0.722. The fraction of sp³-hybridized carbons (Fsp3) is 0.375. The molecule has 1 amide bonds. The normalized spacial score (nSPS) is 11.1. The number of aromatic nitrogens is 4. The summed E-state index contributed by atoms with van der Waals surface area (Å²) in [7, 11) is 1.81. The largest absolute Gasteiger partial charge is 0.337 e. The molecule has 7 heteroatoms. The smallest absolute Gasteiger partial charge is 0.257 e. The highest BCUT2D eigenvalue weighted by atomic mass is 32.1. The molecule has 2 heterocycles. The van der Waals surface area contributed by atoms with Crippen molar-refractivity contribution in [2.75, 3.05) is 7.05 Å². The Morgan fingerprint density at radius 3 is 2.87 bits per heavy atom. The summed E-state index contributed by atoms with van der Waals surface area (Å²) in [5, 5.41) is 4.40. The monoisotopic (exact) mass is 329 g/mol. The second kappa shape index (κ2) is 6.45. The number of carbonyl (C=O) groups is 1. The van der Waals surface area contributed by atoms with Crippen LogP contribution >= 0.6 is 11.7 Å². The van der Waals surface area contributed by atoms with Gasteiger partial charge in [0.15, 0.2) is 0 Å².